The standard InChI is InChI=1S/C26H37N5/c1-8-9-14-31(17-27)21(5)26(6,7)23-13-11-10-12-22(23)25(30-28)29-24-19(3)15-18(2)16-20(24)4/h9-17,21,27H,8,28H2,1-7H3,(H,29,30)/b14-9-,27-17?/t21-/m0/s1. The molecule has 5 nitrogen and oxygen atoms in total. The van der Waals surface area contributed by atoms with E-state index >= 15 is 0 Å². The Balaban J connectivity index is 2.60. The molecule has 0 heterocycles. The Morgan fingerprint density at radius 3 is 2.35 bits per heavy atom. The molecular weight excluding hydrogens is 382 g/mol. The average molecular weight is 420 g/mol. The summed E-state index contributed by atoms with van der Waals surface area (Å²) < 4.78 is 0. The lowest BCUT2D eigenvalue weighted by atomic mass is 9.75. The fraction of sp³-hybridized carbons (Fsp3) is 0.385. The molecule has 0 aliphatic heterocycles. The molecule has 0 aliphatic rings. The third kappa shape index (κ3) is 5.42. The van der Waals surface area contributed by atoms with Crippen LogP contribution in [0.5, 0.6) is 0 Å². The van der Waals surface area contributed by atoms with Gasteiger partial charge in [-0.3, -0.25) is 5.41 Å². The van der Waals surface area contributed by atoms with Crippen molar-refractivity contribution >= 4 is 17.9 Å². The highest BCUT2D eigenvalue weighted by atomic mass is 15.3. The van der Waals surface area contributed by atoms with Gasteiger partial charge in [-0.2, -0.15) is 0 Å². The molecule has 31 heavy (non-hydrogen) atoms. The van der Waals surface area contributed by atoms with Gasteiger partial charge in [0.2, 0.25) is 0 Å². The van der Waals surface area contributed by atoms with Gasteiger partial charge in [-0.05, 0) is 50.8 Å². The van der Waals surface area contributed by atoms with Crippen molar-refractivity contribution in [2.45, 2.75) is 66.3 Å². The van der Waals surface area contributed by atoms with Gasteiger partial charge >= 0.3 is 0 Å². The van der Waals surface area contributed by atoms with Crippen molar-refractivity contribution < 1.29 is 0 Å². The number of hydrogen-bond acceptors (Lipinski definition) is 3. The van der Waals surface area contributed by atoms with Crippen molar-refractivity contribution in [2.24, 2.45) is 10.8 Å². The molecule has 1 atom stereocenters. The van der Waals surface area contributed by atoms with Crippen molar-refractivity contribution in [3.05, 3.63) is 76.5 Å². The van der Waals surface area contributed by atoms with E-state index in [1.54, 1.807) is 0 Å². The first-order valence-electron chi connectivity index (χ1n) is 10.8. The smallest absolute Gasteiger partial charge is 0.148 e. The number of rotatable bonds is 8. The Labute approximate surface area is 187 Å². The number of benzene rings is 2. The minimum atomic E-state index is -0.277. The van der Waals surface area contributed by atoms with Gasteiger partial charge in [0.05, 0.1) is 12.0 Å². The van der Waals surface area contributed by atoms with Crippen LogP contribution in [0, 0.1) is 26.2 Å². The molecule has 2 aromatic rings. The molecule has 0 radical (unpaired) electrons. The van der Waals surface area contributed by atoms with Gasteiger partial charge in [0, 0.05) is 23.2 Å². The van der Waals surface area contributed by atoms with E-state index in [1.807, 2.05) is 23.2 Å². The topological polar surface area (TPSA) is 77.5 Å². The number of hydrogen-bond donors (Lipinski definition) is 3. The first kappa shape index (κ1) is 24.4. The Morgan fingerprint density at radius 1 is 1.19 bits per heavy atom. The molecule has 0 aromatic heterocycles. The predicted octanol–water partition coefficient (Wildman–Crippen LogP) is 5.65. The van der Waals surface area contributed by atoms with E-state index < -0.39 is 0 Å². The number of nitrogens with zero attached hydrogens (tertiary/aromatic N) is 2. The zero-order valence-electron chi connectivity index (χ0n) is 20.0. The lowest BCUT2D eigenvalue weighted by Crippen LogP contribution is -2.44. The monoisotopic (exact) mass is 419 g/mol. The number of hydrazine groups is 1. The van der Waals surface area contributed by atoms with Gasteiger partial charge in [0.15, 0.2) is 0 Å². The molecule has 0 spiro atoms. The van der Waals surface area contributed by atoms with Crippen LogP contribution in [0.4, 0.5) is 5.69 Å². The summed E-state index contributed by atoms with van der Waals surface area (Å²) in [6.45, 7) is 14.9. The molecule has 0 bridgehead atoms. The minimum absolute atomic E-state index is 0.0517. The van der Waals surface area contributed by atoms with E-state index in [-0.39, 0.29) is 11.5 Å². The van der Waals surface area contributed by atoms with E-state index in [1.165, 1.54) is 11.9 Å². The van der Waals surface area contributed by atoms with Crippen LogP contribution in [0.1, 0.15) is 61.9 Å². The summed E-state index contributed by atoms with van der Waals surface area (Å²) >= 11 is 0. The average Bonchev–Trinajstić information content (AvgIpc) is 2.73. The lowest BCUT2D eigenvalue weighted by Gasteiger charge is -2.39. The van der Waals surface area contributed by atoms with Crippen LogP contribution in [-0.2, 0) is 5.41 Å². The van der Waals surface area contributed by atoms with E-state index in [9.17, 15) is 0 Å². The van der Waals surface area contributed by atoms with Crippen LogP contribution in [0.25, 0.3) is 0 Å². The Hall–Kier alpha value is -2.92. The number of nitrogens with one attached hydrogen (secondary N) is 2. The van der Waals surface area contributed by atoms with Crippen LogP contribution < -0.4 is 11.3 Å². The number of allylic oxidation sites excluding steroid dienone is 1. The number of aryl methyl sites for hydroxylation is 3. The number of nitrogens with two attached hydrogens (primary N) is 1. The summed E-state index contributed by atoms with van der Waals surface area (Å²) in [5, 5.41) is 7.89. The summed E-state index contributed by atoms with van der Waals surface area (Å²) in [5.74, 6) is 6.62. The highest BCUT2D eigenvalue weighted by Gasteiger charge is 2.33. The zero-order chi connectivity index (χ0) is 23.2. The van der Waals surface area contributed by atoms with Crippen LogP contribution in [0.2, 0.25) is 0 Å². The predicted molar refractivity (Wildman–Crippen MR) is 133 cm³/mol. The van der Waals surface area contributed by atoms with E-state index in [0.717, 1.165) is 34.4 Å². The lowest BCUT2D eigenvalue weighted by molar-refractivity contribution is 0.290. The first-order valence-corrected chi connectivity index (χ1v) is 10.8. The number of aliphatic imine (C=N–C) groups is 1. The van der Waals surface area contributed by atoms with Gasteiger partial charge < -0.3 is 10.3 Å². The van der Waals surface area contributed by atoms with Crippen molar-refractivity contribution in [3.8, 4) is 0 Å². The fourth-order valence-electron chi connectivity index (χ4n) is 3.99. The van der Waals surface area contributed by atoms with Crippen molar-refractivity contribution in [1.29, 1.82) is 5.41 Å². The first-order chi connectivity index (χ1) is 14.7. The zero-order valence-corrected chi connectivity index (χ0v) is 20.0. The summed E-state index contributed by atoms with van der Waals surface area (Å²) in [4.78, 5) is 6.89. The molecule has 0 saturated carbocycles. The summed E-state index contributed by atoms with van der Waals surface area (Å²) in [5.41, 5.74) is 9.05. The van der Waals surface area contributed by atoms with Crippen molar-refractivity contribution in [2.75, 3.05) is 0 Å². The van der Waals surface area contributed by atoms with Crippen molar-refractivity contribution in [3.63, 3.8) is 0 Å². The van der Waals surface area contributed by atoms with Gasteiger partial charge in [-0.15, -0.1) is 0 Å². The van der Waals surface area contributed by atoms with Gasteiger partial charge in [0.25, 0.3) is 0 Å². The third-order valence-corrected chi connectivity index (χ3v) is 6.03. The quantitative estimate of drug-likeness (QED) is 0.224. The summed E-state index contributed by atoms with van der Waals surface area (Å²) in [6.07, 6.45) is 6.37. The van der Waals surface area contributed by atoms with Crippen LogP contribution in [-0.4, -0.2) is 23.1 Å². The molecule has 0 aliphatic carbocycles. The molecule has 5 heteroatoms. The molecule has 0 fully saturated rings. The summed E-state index contributed by atoms with van der Waals surface area (Å²) in [6, 6.07) is 12.6. The molecule has 0 saturated heterocycles. The Bertz CT molecular complexity index is 949. The van der Waals surface area contributed by atoms with Gasteiger partial charge in [0.1, 0.15) is 5.84 Å². The fourth-order valence-corrected chi connectivity index (χ4v) is 3.99. The molecule has 4 N–H and O–H groups in total. The maximum Gasteiger partial charge on any atom is 0.148 e. The molecular formula is C26H37N5. The van der Waals surface area contributed by atoms with E-state index in [0.29, 0.717) is 5.84 Å². The normalized spacial score (nSPS) is 13.4. The second-order valence-electron chi connectivity index (χ2n) is 8.66. The number of amidine groups is 1. The second kappa shape index (κ2) is 10.4. The summed E-state index contributed by atoms with van der Waals surface area (Å²) in [7, 11) is 0. The molecule has 166 valence electrons. The largest absolute Gasteiger partial charge is 0.336 e. The van der Waals surface area contributed by atoms with Crippen LogP contribution in [0.3, 0.4) is 0 Å². The molecule has 0 amide bonds. The maximum atomic E-state index is 7.89. The van der Waals surface area contributed by atoms with Crippen LogP contribution >= 0.6 is 0 Å². The molecule has 0 unspecified atom stereocenters. The Kier molecular flexibility index (Phi) is 8.17. The molecule has 2 rings (SSSR count). The Morgan fingerprint density at radius 2 is 1.81 bits per heavy atom. The molecule has 2 aromatic carbocycles. The minimum Gasteiger partial charge on any atom is -0.336 e. The van der Waals surface area contributed by atoms with Gasteiger partial charge in [-0.25, -0.2) is 10.8 Å². The maximum absolute atomic E-state index is 7.89. The third-order valence-electron chi connectivity index (χ3n) is 6.03. The van der Waals surface area contributed by atoms with E-state index in [4.69, 9.17) is 16.2 Å². The highest BCUT2D eigenvalue weighted by molar-refractivity contribution is 6.01. The van der Waals surface area contributed by atoms with Crippen molar-refractivity contribution in [1.82, 2.24) is 10.3 Å². The second-order valence-corrected chi connectivity index (χ2v) is 8.66. The highest BCUT2D eigenvalue weighted by Crippen LogP contribution is 2.34. The van der Waals surface area contributed by atoms with E-state index in [2.05, 4.69) is 84.2 Å². The van der Waals surface area contributed by atoms with Gasteiger partial charge in [-0.1, -0.05) is 68.8 Å². The SMILES string of the molecule is CC/C=C\N(C=N)[C@@H](C)C(C)(C)c1ccccc1C(=Nc1c(C)cc(C)cc1C)NN. The van der Waals surface area contributed by atoms with Crippen LogP contribution in [0.15, 0.2) is 53.7 Å².